The third-order valence-corrected chi connectivity index (χ3v) is 3.34. The molecule has 0 amide bonds. The van der Waals surface area contributed by atoms with Crippen LogP contribution >= 0.6 is 0 Å². The van der Waals surface area contributed by atoms with Crippen molar-refractivity contribution in [1.29, 1.82) is 0 Å². The van der Waals surface area contributed by atoms with E-state index in [0.29, 0.717) is 0 Å². The number of rotatable bonds is 6. The Hall–Kier alpha value is 0.439. The molecule has 0 aliphatic carbocycles. The van der Waals surface area contributed by atoms with E-state index in [0.717, 1.165) is 15.0 Å². The molecule has 0 saturated heterocycles. The zero-order valence-electron chi connectivity index (χ0n) is 8.13. The monoisotopic (exact) mass is 224 g/mol. The maximum atomic E-state index is 2.26. The van der Waals surface area contributed by atoms with Gasteiger partial charge in [-0.05, 0) is 0 Å². The van der Waals surface area contributed by atoms with E-state index in [1.807, 2.05) is 0 Å². The van der Waals surface area contributed by atoms with E-state index < -0.39 is 0 Å². The molecule has 0 bridgehead atoms. The summed E-state index contributed by atoms with van der Waals surface area (Å²) in [7, 11) is 8.56. The summed E-state index contributed by atoms with van der Waals surface area (Å²) in [6, 6.07) is 0. The molecule has 0 spiro atoms. The van der Waals surface area contributed by atoms with Crippen LogP contribution in [0, 0.1) is 0 Å². The molecule has 0 aliphatic rings. The van der Waals surface area contributed by atoms with E-state index in [1.54, 1.807) is 0 Å². The first-order valence-electron chi connectivity index (χ1n) is 4.00. The minimum atomic E-state index is 0.856. The van der Waals surface area contributed by atoms with Gasteiger partial charge in [-0.2, -0.15) is 0 Å². The molecule has 0 N–H and O–H groups in total. The van der Waals surface area contributed by atoms with Crippen molar-refractivity contribution in [1.82, 2.24) is 9.80 Å². The van der Waals surface area contributed by atoms with Gasteiger partial charge in [0.25, 0.3) is 0 Å². The third-order valence-electron chi connectivity index (χ3n) is 1.37. The Bertz CT molecular complexity index is 74.2. The quantitative estimate of drug-likeness (QED) is 0.482. The zero-order chi connectivity index (χ0) is 8.69. The first-order valence-corrected chi connectivity index (χ1v) is 6.42. The molecule has 0 atom stereocenters. The number of hydrogen-bond acceptors (Lipinski definition) is 2. The fourth-order valence-electron chi connectivity index (χ4n) is 0.596. The van der Waals surface area contributed by atoms with Crippen LogP contribution in [-0.2, 0) is 0 Å². The third kappa shape index (κ3) is 10.4. The Morgan fingerprint density at radius 3 is 1.45 bits per heavy atom. The Morgan fingerprint density at radius 1 is 0.818 bits per heavy atom. The van der Waals surface area contributed by atoms with Crippen LogP contribution in [0.3, 0.4) is 0 Å². The minimum absolute atomic E-state index is 0.856. The van der Waals surface area contributed by atoms with Gasteiger partial charge in [0.05, 0.1) is 0 Å². The van der Waals surface area contributed by atoms with Gasteiger partial charge in [0.1, 0.15) is 0 Å². The van der Waals surface area contributed by atoms with E-state index in [1.165, 1.54) is 23.7 Å². The summed E-state index contributed by atoms with van der Waals surface area (Å²) in [4.78, 5) is 4.52. The normalized spacial score (nSPS) is 11.5. The molecule has 0 rings (SSSR count). The van der Waals surface area contributed by atoms with Gasteiger partial charge in [-0.1, -0.05) is 0 Å². The van der Waals surface area contributed by atoms with Crippen molar-refractivity contribution in [3.05, 3.63) is 0 Å². The molecule has 11 heavy (non-hydrogen) atoms. The van der Waals surface area contributed by atoms with Gasteiger partial charge in [0.2, 0.25) is 0 Å². The maximum absolute atomic E-state index is 2.26. The van der Waals surface area contributed by atoms with Crippen molar-refractivity contribution in [2.24, 2.45) is 0 Å². The van der Waals surface area contributed by atoms with Gasteiger partial charge in [-0.15, -0.1) is 0 Å². The topological polar surface area (TPSA) is 6.48 Å². The van der Waals surface area contributed by atoms with E-state index >= 15 is 0 Å². The number of nitrogens with zero attached hydrogens (tertiary/aromatic N) is 2. The Labute approximate surface area is 77.1 Å². The second kappa shape index (κ2) is 7.11. The molecule has 68 valence electrons. The molecule has 0 aromatic rings. The van der Waals surface area contributed by atoms with E-state index in [4.69, 9.17) is 0 Å². The Kier molecular flexibility index (Phi) is 7.39. The van der Waals surface area contributed by atoms with Gasteiger partial charge >= 0.3 is 76.7 Å². The van der Waals surface area contributed by atoms with E-state index in [-0.39, 0.29) is 0 Å². The van der Waals surface area contributed by atoms with Crippen LogP contribution in [0.25, 0.3) is 0 Å². The molecule has 0 radical (unpaired) electrons. The molecular formula is C8H20N2Se. The SMILES string of the molecule is CN(C)CC[Se]CCN(C)C. The average molecular weight is 223 g/mol. The van der Waals surface area contributed by atoms with E-state index in [2.05, 4.69) is 38.0 Å². The van der Waals surface area contributed by atoms with Gasteiger partial charge < -0.3 is 0 Å². The van der Waals surface area contributed by atoms with Crippen molar-refractivity contribution in [2.75, 3.05) is 41.3 Å². The van der Waals surface area contributed by atoms with Crippen LogP contribution < -0.4 is 0 Å². The van der Waals surface area contributed by atoms with Crippen LogP contribution in [-0.4, -0.2) is 66.0 Å². The first-order chi connectivity index (χ1) is 5.13. The first kappa shape index (κ1) is 11.4. The van der Waals surface area contributed by atoms with Gasteiger partial charge in [-0.3, -0.25) is 0 Å². The molecule has 0 unspecified atom stereocenters. The Morgan fingerprint density at radius 2 is 1.18 bits per heavy atom. The summed E-state index contributed by atoms with van der Waals surface area (Å²) >= 11 is 0.856. The second-order valence-corrected chi connectivity index (χ2v) is 5.79. The van der Waals surface area contributed by atoms with Crippen LogP contribution in [0.2, 0.25) is 10.6 Å². The summed E-state index contributed by atoms with van der Waals surface area (Å²) in [6.45, 7) is 2.51. The predicted molar refractivity (Wildman–Crippen MR) is 52.5 cm³/mol. The summed E-state index contributed by atoms with van der Waals surface area (Å²) in [5, 5.41) is 2.79. The molecular weight excluding hydrogens is 203 g/mol. The van der Waals surface area contributed by atoms with Gasteiger partial charge in [-0.25, -0.2) is 0 Å². The van der Waals surface area contributed by atoms with Gasteiger partial charge in [0, 0.05) is 0 Å². The number of hydrogen-bond donors (Lipinski definition) is 0. The molecule has 0 saturated carbocycles. The van der Waals surface area contributed by atoms with Crippen LogP contribution in [0.5, 0.6) is 0 Å². The van der Waals surface area contributed by atoms with Gasteiger partial charge in [0.15, 0.2) is 0 Å². The summed E-state index contributed by atoms with van der Waals surface area (Å²) in [6.07, 6.45) is 0. The molecule has 3 heteroatoms. The summed E-state index contributed by atoms with van der Waals surface area (Å²) in [5.74, 6) is 0. The molecule has 2 nitrogen and oxygen atoms in total. The fraction of sp³-hybridized carbons (Fsp3) is 1.00. The van der Waals surface area contributed by atoms with Crippen molar-refractivity contribution in [3.63, 3.8) is 0 Å². The molecule has 0 aromatic heterocycles. The fourth-order valence-corrected chi connectivity index (χ4v) is 3.10. The summed E-state index contributed by atoms with van der Waals surface area (Å²) < 4.78 is 0. The summed E-state index contributed by atoms with van der Waals surface area (Å²) in [5.41, 5.74) is 0. The van der Waals surface area contributed by atoms with Crippen molar-refractivity contribution >= 4 is 15.0 Å². The van der Waals surface area contributed by atoms with Crippen molar-refractivity contribution < 1.29 is 0 Å². The second-order valence-electron chi connectivity index (χ2n) is 3.22. The molecule has 0 aliphatic heterocycles. The standard InChI is InChI=1S/C8H20N2Se/c1-9(2)5-7-11-8-6-10(3)4/h5-8H2,1-4H3. The van der Waals surface area contributed by atoms with Crippen LogP contribution in [0.15, 0.2) is 0 Å². The predicted octanol–water partition coefficient (Wildman–Crippen LogP) is 0.650. The molecule has 0 heterocycles. The molecule has 0 fully saturated rings. The van der Waals surface area contributed by atoms with Crippen LogP contribution in [0.4, 0.5) is 0 Å². The molecule has 0 aromatic carbocycles. The average Bonchev–Trinajstić information content (AvgIpc) is 1.85. The van der Waals surface area contributed by atoms with Crippen molar-refractivity contribution in [3.8, 4) is 0 Å². The van der Waals surface area contributed by atoms with Crippen LogP contribution in [0.1, 0.15) is 0 Å². The van der Waals surface area contributed by atoms with Crippen molar-refractivity contribution in [2.45, 2.75) is 10.6 Å². The van der Waals surface area contributed by atoms with E-state index in [9.17, 15) is 0 Å². The Balaban J connectivity index is 2.91. The zero-order valence-corrected chi connectivity index (χ0v) is 9.84.